The molecule has 3 rings (SSSR count). The molecule has 0 aliphatic carbocycles. The Balaban J connectivity index is 1.88. The molecule has 2 aromatic carbocycles. The quantitative estimate of drug-likeness (QED) is 0.441. The molecule has 0 spiro atoms. The summed E-state index contributed by atoms with van der Waals surface area (Å²) >= 11 is 3.83. The molecule has 1 heterocycles. The largest absolute Gasteiger partial charge is 0.289 e. The van der Waals surface area contributed by atoms with Crippen LogP contribution >= 0.6 is 33.9 Å². The Hall–Kier alpha value is -1.46. The molecule has 1 nitrogen and oxygen atoms in total. The molecule has 0 saturated carbocycles. The predicted octanol–water partition coefficient (Wildman–Crippen LogP) is 5.25. The van der Waals surface area contributed by atoms with Crippen molar-refractivity contribution < 1.29 is 4.79 Å². The number of carbonyl (C=O) groups excluding carboxylic acids is 1. The van der Waals surface area contributed by atoms with Gasteiger partial charge in [-0.3, -0.25) is 4.79 Å². The van der Waals surface area contributed by atoms with Gasteiger partial charge in [0, 0.05) is 16.5 Å². The minimum absolute atomic E-state index is 0.0868. The maximum atomic E-state index is 12.3. The third kappa shape index (κ3) is 2.83. The lowest BCUT2D eigenvalue weighted by molar-refractivity contribution is 0.103. The van der Waals surface area contributed by atoms with Crippen molar-refractivity contribution in [3.63, 3.8) is 0 Å². The lowest BCUT2D eigenvalue weighted by atomic mass is 10.0. The SMILES string of the molecule is O=C(c1ccc(-c2ccccc2)cc1)c1csc(I)c1. The van der Waals surface area contributed by atoms with Crippen LogP contribution in [0.2, 0.25) is 0 Å². The fourth-order valence-corrected chi connectivity index (χ4v) is 3.37. The molecule has 0 radical (unpaired) electrons. The zero-order chi connectivity index (χ0) is 13.9. The van der Waals surface area contributed by atoms with Crippen molar-refractivity contribution in [1.29, 1.82) is 0 Å². The molecule has 3 aromatic rings. The fourth-order valence-electron chi connectivity index (χ4n) is 2.04. The first-order chi connectivity index (χ1) is 9.74. The fraction of sp³-hybridized carbons (Fsp3) is 0. The summed E-state index contributed by atoms with van der Waals surface area (Å²) in [6.45, 7) is 0. The van der Waals surface area contributed by atoms with Gasteiger partial charge in [-0.05, 0) is 39.8 Å². The average molecular weight is 390 g/mol. The summed E-state index contributed by atoms with van der Waals surface area (Å²) in [5, 5.41) is 1.91. The molecule has 20 heavy (non-hydrogen) atoms. The molecule has 0 atom stereocenters. The van der Waals surface area contributed by atoms with Gasteiger partial charge >= 0.3 is 0 Å². The smallest absolute Gasteiger partial charge is 0.193 e. The second kappa shape index (κ2) is 5.89. The van der Waals surface area contributed by atoms with E-state index >= 15 is 0 Å². The van der Waals surface area contributed by atoms with E-state index in [2.05, 4.69) is 34.7 Å². The summed E-state index contributed by atoms with van der Waals surface area (Å²) < 4.78 is 1.13. The number of halogens is 1. The highest BCUT2D eigenvalue weighted by Gasteiger charge is 2.10. The van der Waals surface area contributed by atoms with Crippen molar-refractivity contribution in [1.82, 2.24) is 0 Å². The van der Waals surface area contributed by atoms with Crippen molar-refractivity contribution in [3.8, 4) is 11.1 Å². The second-order valence-electron chi connectivity index (χ2n) is 4.41. The first-order valence-corrected chi connectivity index (χ1v) is 8.14. The number of rotatable bonds is 3. The van der Waals surface area contributed by atoms with Crippen LogP contribution in [-0.2, 0) is 0 Å². The molecule has 1 aromatic heterocycles. The van der Waals surface area contributed by atoms with E-state index in [0.29, 0.717) is 0 Å². The number of carbonyl (C=O) groups is 1. The van der Waals surface area contributed by atoms with Gasteiger partial charge < -0.3 is 0 Å². The molecule has 0 bridgehead atoms. The maximum absolute atomic E-state index is 12.3. The number of benzene rings is 2. The van der Waals surface area contributed by atoms with Gasteiger partial charge in [-0.15, -0.1) is 11.3 Å². The number of thiophene rings is 1. The first kappa shape index (κ1) is 13.5. The summed E-state index contributed by atoms with van der Waals surface area (Å²) in [5.41, 5.74) is 3.80. The zero-order valence-corrected chi connectivity index (χ0v) is 13.5. The van der Waals surface area contributed by atoms with Crippen LogP contribution < -0.4 is 0 Å². The monoisotopic (exact) mass is 390 g/mol. The van der Waals surface area contributed by atoms with Crippen LogP contribution in [0, 0.1) is 2.88 Å². The molecular weight excluding hydrogens is 379 g/mol. The Morgan fingerprint density at radius 1 is 0.850 bits per heavy atom. The lowest BCUT2D eigenvalue weighted by Gasteiger charge is -2.03. The van der Waals surface area contributed by atoms with Gasteiger partial charge in [0.05, 0.1) is 2.88 Å². The third-order valence-electron chi connectivity index (χ3n) is 3.08. The molecule has 0 N–H and O–H groups in total. The molecular formula is C17H11IOS. The summed E-state index contributed by atoms with van der Waals surface area (Å²) in [7, 11) is 0. The molecule has 0 amide bonds. The normalized spacial score (nSPS) is 10.4. The molecule has 0 aliphatic rings. The van der Waals surface area contributed by atoms with Gasteiger partial charge in [-0.1, -0.05) is 54.6 Å². The Labute approximate surface area is 135 Å². The third-order valence-corrected chi connectivity index (χ3v) is 4.87. The molecule has 98 valence electrons. The maximum Gasteiger partial charge on any atom is 0.193 e. The topological polar surface area (TPSA) is 17.1 Å². The van der Waals surface area contributed by atoms with Crippen LogP contribution in [-0.4, -0.2) is 5.78 Å². The first-order valence-electron chi connectivity index (χ1n) is 6.18. The number of hydrogen-bond donors (Lipinski definition) is 0. The highest BCUT2D eigenvalue weighted by atomic mass is 127. The summed E-state index contributed by atoms with van der Waals surface area (Å²) in [5.74, 6) is 0.0868. The highest BCUT2D eigenvalue weighted by Crippen LogP contribution is 2.22. The highest BCUT2D eigenvalue weighted by molar-refractivity contribution is 14.1. The van der Waals surface area contributed by atoms with Crippen molar-refractivity contribution in [3.05, 3.63) is 80.1 Å². The van der Waals surface area contributed by atoms with Crippen molar-refractivity contribution >= 4 is 39.7 Å². The van der Waals surface area contributed by atoms with Crippen molar-refractivity contribution in [2.24, 2.45) is 0 Å². The standard InChI is InChI=1S/C17H11IOS/c18-16-10-15(11-20-16)17(19)14-8-6-13(7-9-14)12-4-2-1-3-5-12/h1-11H. The molecule has 0 fully saturated rings. The summed E-state index contributed by atoms with van der Waals surface area (Å²) in [6, 6.07) is 19.9. The second-order valence-corrected chi connectivity index (χ2v) is 7.22. The van der Waals surface area contributed by atoms with Gasteiger partial charge in [0.1, 0.15) is 0 Å². The Morgan fingerprint density at radius 2 is 1.50 bits per heavy atom. The van der Waals surface area contributed by atoms with Crippen LogP contribution in [0.25, 0.3) is 11.1 Å². The zero-order valence-electron chi connectivity index (χ0n) is 10.5. The summed E-state index contributed by atoms with van der Waals surface area (Å²) in [6.07, 6.45) is 0. The Morgan fingerprint density at radius 3 is 2.10 bits per heavy atom. The van der Waals surface area contributed by atoms with E-state index in [4.69, 9.17) is 0 Å². The van der Waals surface area contributed by atoms with E-state index in [1.807, 2.05) is 53.9 Å². The van der Waals surface area contributed by atoms with E-state index in [1.54, 1.807) is 11.3 Å². The van der Waals surface area contributed by atoms with Crippen LogP contribution in [0.4, 0.5) is 0 Å². The number of ketones is 1. The minimum atomic E-state index is 0.0868. The predicted molar refractivity (Wildman–Crippen MR) is 92.3 cm³/mol. The van der Waals surface area contributed by atoms with Crippen molar-refractivity contribution in [2.75, 3.05) is 0 Å². The van der Waals surface area contributed by atoms with E-state index in [1.165, 1.54) is 0 Å². The van der Waals surface area contributed by atoms with Crippen LogP contribution in [0.15, 0.2) is 66.0 Å². The lowest BCUT2D eigenvalue weighted by Crippen LogP contribution is -1.99. The van der Waals surface area contributed by atoms with E-state index in [0.717, 1.165) is 25.1 Å². The van der Waals surface area contributed by atoms with E-state index in [-0.39, 0.29) is 5.78 Å². The van der Waals surface area contributed by atoms with E-state index in [9.17, 15) is 4.79 Å². The molecule has 0 aliphatic heterocycles. The number of hydrogen-bond acceptors (Lipinski definition) is 2. The summed E-state index contributed by atoms with van der Waals surface area (Å²) in [4.78, 5) is 12.3. The van der Waals surface area contributed by atoms with E-state index < -0.39 is 0 Å². The van der Waals surface area contributed by atoms with Crippen LogP contribution in [0.3, 0.4) is 0 Å². The Kier molecular flexibility index (Phi) is 3.98. The van der Waals surface area contributed by atoms with Crippen molar-refractivity contribution in [2.45, 2.75) is 0 Å². The van der Waals surface area contributed by atoms with Gasteiger partial charge in [0.15, 0.2) is 5.78 Å². The minimum Gasteiger partial charge on any atom is -0.289 e. The average Bonchev–Trinajstić information content (AvgIpc) is 2.94. The van der Waals surface area contributed by atoms with Gasteiger partial charge in [-0.25, -0.2) is 0 Å². The molecule has 3 heteroatoms. The molecule has 0 saturated heterocycles. The van der Waals surface area contributed by atoms with Gasteiger partial charge in [0.25, 0.3) is 0 Å². The van der Waals surface area contributed by atoms with Gasteiger partial charge in [-0.2, -0.15) is 0 Å². The van der Waals surface area contributed by atoms with Gasteiger partial charge in [0.2, 0.25) is 0 Å². The molecule has 0 unspecified atom stereocenters. The van der Waals surface area contributed by atoms with Crippen LogP contribution in [0.5, 0.6) is 0 Å². The Bertz CT molecular complexity index is 729. The van der Waals surface area contributed by atoms with Crippen LogP contribution in [0.1, 0.15) is 15.9 Å².